The number of carbonyl (C=O) groups is 1. The molecule has 0 unspecified atom stereocenters. The van der Waals surface area contributed by atoms with E-state index in [-0.39, 0.29) is 11.5 Å². The smallest absolute Gasteiger partial charge is 0.261 e. The van der Waals surface area contributed by atoms with Gasteiger partial charge in [-0.2, -0.15) is 5.26 Å². The summed E-state index contributed by atoms with van der Waals surface area (Å²) in [6.45, 7) is 0.914. The first-order chi connectivity index (χ1) is 16.1. The molecular weight excluding hydrogens is 527 g/mol. The molecule has 3 aromatic rings. The quantitative estimate of drug-likeness (QED) is 0.155. The van der Waals surface area contributed by atoms with Gasteiger partial charge in [-0.15, -0.1) is 0 Å². The Labute approximate surface area is 208 Å². The van der Waals surface area contributed by atoms with Crippen LogP contribution in [0.25, 0.3) is 6.08 Å². The first-order valence-electron chi connectivity index (χ1n) is 10.6. The van der Waals surface area contributed by atoms with Crippen LogP contribution in [0.3, 0.4) is 0 Å². The highest BCUT2D eigenvalue weighted by Gasteiger charge is 2.14. The molecule has 0 aliphatic heterocycles. The van der Waals surface area contributed by atoms with E-state index in [9.17, 15) is 10.1 Å². The van der Waals surface area contributed by atoms with E-state index in [2.05, 4.69) is 40.0 Å². The maximum absolute atomic E-state index is 12.5. The third kappa shape index (κ3) is 7.36. The van der Waals surface area contributed by atoms with Crippen molar-refractivity contribution in [2.75, 3.05) is 13.7 Å². The lowest BCUT2D eigenvalue weighted by Gasteiger charge is -2.14. The molecule has 0 saturated carbocycles. The fourth-order valence-electron chi connectivity index (χ4n) is 3.24. The minimum Gasteiger partial charge on any atom is -0.493 e. The Balaban J connectivity index is 1.64. The number of nitriles is 1. The maximum Gasteiger partial charge on any atom is 0.261 e. The summed E-state index contributed by atoms with van der Waals surface area (Å²) in [7, 11) is 1.57. The molecule has 33 heavy (non-hydrogen) atoms. The zero-order valence-electron chi connectivity index (χ0n) is 18.4. The predicted molar refractivity (Wildman–Crippen MR) is 138 cm³/mol. The van der Waals surface area contributed by atoms with Crippen LogP contribution in [0, 0.1) is 14.9 Å². The van der Waals surface area contributed by atoms with Gasteiger partial charge in [0.25, 0.3) is 5.91 Å². The van der Waals surface area contributed by atoms with Gasteiger partial charge in [0.1, 0.15) is 18.2 Å². The molecule has 0 heterocycles. The molecule has 1 N–H and O–H groups in total. The third-order valence-electron chi connectivity index (χ3n) is 4.92. The Hall–Kier alpha value is -3.31. The van der Waals surface area contributed by atoms with Crippen molar-refractivity contribution in [2.45, 2.75) is 19.4 Å². The van der Waals surface area contributed by atoms with Crippen molar-refractivity contribution in [3.8, 4) is 17.6 Å². The lowest BCUT2D eigenvalue weighted by atomic mass is 10.1. The van der Waals surface area contributed by atoms with Crippen molar-refractivity contribution in [3.05, 3.63) is 98.6 Å². The number of hydrogen-bond donors (Lipinski definition) is 1. The van der Waals surface area contributed by atoms with Crippen LogP contribution in [0.4, 0.5) is 0 Å². The standard InChI is InChI=1S/C27H25IN2O3/c1-32-25-17-22(16-24(28)26(25)33-19-21-11-6-3-7-12-21)15-23(18-29)27(31)30-14-8-13-20-9-4-2-5-10-20/h2-7,9-12,15-17H,8,13-14,19H2,1H3,(H,30,31)/b23-15-. The fourth-order valence-corrected chi connectivity index (χ4v) is 4.02. The van der Waals surface area contributed by atoms with Crippen LogP contribution in [0.15, 0.2) is 78.4 Å². The zero-order chi connectivity index (χ0) is 23.5. The van der Waals surface area contributed by atoms with Crippen LogP contribution >= 0.6 is 22.6 Å². The van der Waals surface area contributed by atoms with E-state index in [0.29, 0.717) is 30.2 Å². The number of nitrogens with one attached hydrogen (secondary N) is 1. The van der Waals surface area contributed by atoms with E-state index in [1.807, 2.05) is 60.7 Å². The second kappa shape index (κ2) is 12.7. The number of nitrogens with zero attached hydrogens (tertiary/aromatic N) is 1. The summed E-state index contributed by atoms with van der Waals surface area (Å²) >= 11 is 2.17. The van der Waals surface area contributed by atoms with Gasteiger partial charge in [-0.1, -0.05) is 60.7 Å². The Morgan fingerprint density at radius 3 is 2.36 bits per heavy atom. The first kappa shape index (κ1) is 24.3. The number of ether oxygens (including phenoxy) is 2. The molecule has 0 aliphatic carbocycles. The van der Waals surface area contributed by atoms with E-state index in [1.165, 1.54) is 5.56 Å². The molecule has 3 rings (SSSR count). The van der Waals surface area contributed by atoms with Gasteiger partial charge in [-0.3, -0.25) is 4.79 Å². The van der Waals surface area contributed by atoms with Crippen LogP contribution < -0.4 is 14.8 Å². The third-order valence-corrected chi connectivity index (χ3v) is 5.73. The molecule has 0 bridgehead atoms. The number of methoxy groups -OCH3 is 1. The Bertz CT molecular complexity index is 1140. The molecule has 0 fully saturated rings. The highest BCUT2D eigenvalue weighted by atomic mass is 127. The van der Waals surface area contributed by atoms with Gasteiger partial charge in [0.05, 0.1) is 10.7 Å². The van der Waals surface area contributed by atoms with Crippen LogP contribution in [0.2, 0.25) is 0 Å². The number of amides is 1. The van der Waals surface area contributed by atoms with E-state index in [4.69, 9.17) is 9.47 Å². The minimum atomic E-state index is -0.385. The predicted octanol–water partition coefficient (Wildman–Crippen LogP) is 5.53. The van der Waals surface area contributed by atoms with E-state index in [1.54, 1.807) is 19.3 Å². The van der Waals surface area contributed by atoms with Gasteiger partial charge < -0.3 is 14.8 Å². The van der Waals surface area contributed by atoms with Crippen LogP contribution in [-0.4, -0.2) is 19.6 Å². The Kier molecular flexibility index (Phi) is 9.33. The fraction of sp³-hybridized carbons (Fsp3) is 0.185. The summed E-state index contributed by atoms with van der Waals surface area (Å²) in [5.41, 5.74) is 3.01. The minimum absolute atomic E-state index is 0.0468. The van der Waals surface area contributed by atoms with Crippen molar-refractivity contribution in [3.63, 3.8) is 0 Å². The van der Waals surface area contributed by atoms with E-state index in [0.717, 1.165) is 22.0 Å². The van der Waals surface area contributed by atoms with Crippen molar-refractivity contribution in [1.82, 2.24) is 5.32 Å². The summed E-state index contributed by atoms with van der Waals surface area (Å²) in [4.78, 5) is 12.5. The topological polar surface area (TPSA) is 71.3 Å². The Morgan fingerprint density at radius 1 is 1.06 bits per heavy atom. The largest absolute Gasteiger partial charge is 0.493 e. The molecule has 0 spiro atoms. The van der Waals surface area contributed by atoms with Crippen molar-refractivity contribution in [1.29, 1.82) is 5.26 Å². The number of carbonyl (C=O) groups excluding carboxylic acids is 1. The zero-order valence-corrected chi connectivity index (χ0v) is 20.5. The molecule has 0 atom stereocenters. The summed E-state index contributed by atoms with van der Waals surface area (Å²) in [6, 6.07) is 25.6. The van der Waals surface area contributed by atoms with Gasteiger partial charge in [0.15, 0.2) is 11.5 Å². The van der Waals surface area contributed by atoms with E-state index >= 15 is 0 Å². The van der Waals surface area contributed by atoms with Crippen molar-refractivity contribution < 1.29 is 14.3 Å². The summed E-state index contributed by atoms with van der Waals surface area (Å²) < 4.78 is 12.3. The number of halogens is 1. The number of hydrogen-bond acceptors (Lipinski definition) is 4. The monoisotopic (exact) mass is 552 g/mol. The van der Waals surface area contributed by atoms with Crippen molar-refractivity contribution in [2.24, 2.45) is 0 Å². The molecule has 6 heteroatoms. The van der Waals surface area contributed by atoms with Gasteiger partial charge >= 0.3 is 0 Å². The molecule has 168 valence electrons. The summed E-state index contributed by atoms with van der Waals surface area (Å²) in [5, 5.41) is 12.3. The number of rotatable bonds is 10. The molecule has 0 saturated heterocycles. The van der Waals surface area contributed by atoms with Gasteiger partial charge in [-0.05, 0) is 70.3 Å². The van der Waals surface area contributed by atoms with Crippen LogP contribution in [0.1, 0.15) is 23.1 Å². The van der Waals surface area contributed by atoms with Gasteiger partial charge in [0, 0.05) is 6.54 Å². The summed E-state index contributed by atoms with van der Waals surface area (Å²) in [5.74, 6) is 0.788. The van der Waals surface area contributed by atoms with Crippen LogP contribution in [0.5, 0.6) is 11.5 Å². The second-order valence-corrected chi connectivity index (χ2v) is 8.49. The molecule has 0 radical (unpaired) electrons. The molecule has 3 aromatic carbocycles. The molecular formula is C27H25IN2O3. The highest BCUT2D eigenvalue weighted by molar-refractivity contribution is 14.1. The molecule has 0 aliphatic rings. The van der Waals surface area contributed by atoms with Gasteiger partial charge in [-0.25, -0.2) is 0 Å². The molecule has 5 nitrogen and oxygen atoms in total. The second-order valence-electron chi connectivity index (χ2n) is 7.32. The average molecular weight is 552 g/mol. The van der Waals surface area contributed by atoms with Crippen molar-refractivity contribution >= 4 is 34.6 Å². The number of benzene rings is 3. The first-order valence-corrected chi connectivity index (χ1v) is 11.7. The molecule has 1 amide bonds. The Morgan fingerprint density at radius 2 is 1.73 bits per heavy atom. The lowest BCUT2D eigenvalue weighted by molar-refractivity contribution is -0.117. The number of aryl methyl sites for hydroxylation is 1. The van der Waals surface area contributed by atoms with Crippen LogP contribution in [-0.2, 0) is 17.8 Å². The average Bonchev–Trinajstić information content (AvgIpc) is 2.85. The SMILES string of the molecule is COc1cc(/C=C(/C#N)C(=O)NCCCc2ccccc2)cc(I)c1OCc1ccccc1. The lowest BCUT2D eigenvalue weighted by Crippen LogP contribution is -2.25. The summed E-state index contributed by atoms with van der Waals surface area (Å²) in [6.07, 6.45) is 3.23. The molecule has 0 aromatic heterocycles. The highest BCUT2D eigenvalue weighted by Crippen LogP contribution is 2.35. The maximum atomic E-state index is 12.5. The van der Waals surface area contributed by atoms with Gasteiger partial charge in [0.2, 0.25) is 0 Å². The van der Waals surface area contributed by atoms with E-state index < -0.39 is 0 Å². The normalized spacial score (nSPS) is 10.9.